The zero-order valence-corrected chi connectivity index (χ0v) is 9.41. The Morgan fingerprint density at radius 2 is 2.29 bits per heavy atom. The molecule has 5 nitrogen and oxygen atoms in total. The van der Waals surface area contributed by atoms with Gasteiger partial charge in [-0.25, -0.2) is 0 Å². The highest BCUT2D eigenvalue weighted by Crippen LogP contribution is 2.27. The molecule has 2 rings (SSSR count). The topological polar surface area (TPSA) is 78.9 Å². The number of hydrogen-bond acceptors (Lipinski definition) is 4. The lowest BCUT2D eigenvalue weighted by atomic mass is 9.97. The summed E-state index contributed by atoms with van der Waals surface area (Å²) in [7, 11) is 0. The molecular weight excluding hydrogens is 218 g/mol. The molecule has 1 aliphatic heterocycles. The van der Waals surface area contributed by atoms with E-state index in [0.717, 1.165) is 24.3 Å². The summed E-state index contributed by atoms with van der Waals surface area (Å²) in [5.41, 5.74) is 7.17. The first-order chi connectivity index (χ1) is 8.24. The van der Waals surface area contributed by atoms with E-state index in [1.165, 1.54) is 0 Å². The fourth-order valence-corrected chi connectivity index (χ4v) is 1.97. The Kier molecular flexibility index (Phi) is 3.39. The third-order valence-corrected chi connectivity index (χ3v) is 2.85. The van der Waals surface area contributed by atoms with Crippen molar-refractivity contribution in [1.82, 2.24) is 0 Å². The van der Waals surface area contributed by atoms with E-state index in [1.807, 2.05) is 29.2 Å². The van der Waals surface area contributed by atoms with Crippen LogP contribution in [0.3, 0.4) is 0 Å². The monoisotopic (exact) mass is 233 g/mol. The second-order valence-electron chi connectivity index (χ2n) is 3.90. The zero-order chi connectivity index (χ0) is 12.3. The number of anilines is 1. The van der Waals surface area contributed by atoms with Crippen LogP contribution in [0, 0.1) is 0 Å². The van der Waals surface area contributed by atoms with Gasteiger partial charge < -0.3 is 15.7 Å². The number of nitrogens with zero attached hydrogens (tertiary/aromatic N) is 2. The minimum atomic E-state index is -0.893. The van der Waals surface area contributed by atoms with Crippen molar-refractivity contribution in [2.24, 2.45) is 10.7 Å². The Labute approximate surface area is 99.6 Å². The molecule has 1 unspecified atom stereocenters. The van der Waals surface area contributed by atoms with Crippen LogP contribution in [0.25, 0.3) is 0 Å². The summed E-state index contributed by atoms with van der Waals surface area (Å²) in [5, 5.41) is 9.16. The summed E-state index contributed by atoms with van der Waals surface area (Å²) in [5.74, 6) is -1.56. The van der Waals surface area contributed by atoms with E-state index in [1.54, 1.807) is 6.34 Å². The molecule has 0 spiro atoms. The highest BCUT2D eigenvalue weighted by molar-refractivity contribution is 5.86. The molecule has 0 saturated heterocycles. The number of rotatable bonds is 4. The highest BCUT2D eigenvalue weighted by Gasteiger charge is 2.23. The molecule has 17 heavy (non-hydrogen) atoms. The van der Waals surface area contributed by atoms with E-state index in [2.05, 4.69) is 4.99 Å². The number of hydrogen-bond donors (Lipinski definition) is 2. The van der Waals surface area contributed by atoms with Gasteiger partial charge in [-0.05, 0) is 11.6 Å². The Hall–Kier alpha value is -1.88. The van der Waals surface area contributed by atoms with Gasteiger partial charge in [0.1, 0.15) is 0 Å². The fourth-order valence-electron chi connectivity index (χ4n) is 1.97. The van der Waals surface area contributed by atoms with Crippen LogP contribution < -0.4 is 10.6 Å². The van der Waals surface area contributed by atoms with E-state index in [0.29, 0.717) is 0 Å². The average Bonchev–Trinajstić information content (AvgIpc) is 2.83. The van der Waals surface area contributed by atoms with Gasteiger partial charge in [0.25, 0.3) is 0 Å². The largest absolute Gasteiger partial charge is 0.481 e. The summed E-state index contributed by atoms with van der Waals surface area (Å²) in [6.07, 6.45) is 1.74. The third-order valence-electron chi connectivity index (χ3n) is 2.85. The van der Waals surface area contributed by atoms with E-state index in [4.69, 9.17) is 10.8 Å². The molecule has 1 atom stereocenters. The molecule has 0 amide bonds. The molecule has 0 aliphatic carbocycles. The van der Waals surface area contributed by atoms with Gasteiger partial charge in [0.15, 0.2) is 0 Å². The van der Waals surface area contributed by atoms with Crippen molar-refractivity contribution in [3.63, 3.8) is 0 Å². The van der Waals surface area contributed by atoms with Crippen molar-refractivity contribution in [2.45, 2.75) is 5.92 Å². The number of para-hydroxylation sites is 1. The minimum Gasteiger partial charge on any atom is -0.481 e. The van der Waals surface area contributed by atoms with Crippen molar-refractivity contribution >= 4 is 18.0 Å². The first kappa shape index (κ1) is 11.6. The maximum absolute atomic E-state index is 11.2. The number of carboxylic acids is 1. The van der Waals surface area contributed by atoms with Crippen molar-refractivity contribution < 1.29 is 9.90 Å². The number of nitrogens with two attached hydrogens (primary N) is 1. The molecule has 90 valence electrons. The standard InChI is InChI=1S/C12H15N3O2/c13-7-10(12(16)17)9-3-1-2-4-11(9)15-6-5-14-8-15/h1-4,8,10H,5-7,13H2,(H,16,17). The summed E-state index contributed by atoms with van der Waals surface area (Å²) < 4.78 is 0. The van der Waals surface area contributed by atoms with E-state index < -0.39 is 11.9 Å². The maximum atomic E-state index is 11.2. The first-order valence-electron chi connectivity index (χ1n) is 5.52. The molecule has 0 bridgehead atoms. The number of carbonyl (C=O) groups is 1. The number of aliphatic imine (C=N–C) groups is 1. The molecular formula is C12H15N3O2. The van der Waals surface area contributed by atoms with Crippen molar-refractivity contribution in [1.29, 1.82) is 0 Å². The van der Waals surface area contributed by atoms with Crippen LogP contribution in [0.2, 0.25) is 0 Å². The smallest absolute Gasteiger partial charge is 0.312 e. The van der Waals surface area contributed by atoms with Crippen LogP contribution in [0.5, 0.6) is 0 Å². The average molecular weight is 233 g/mol. The van der Waals surface area contributed by atoms with E-state index in [9.17, 15) is 4.79 Å². The predicted molar refractivity (Wildman–Crippen MR) is 66.6 cm³/mol. The van der Waals surface area contributed by atoms with Crippen LogP contribution in [0.1, 0.15) is 11.5 Å². The van der Waals surface area contributed by atoms with Crippen molar-refractivity contribution in [2.75, 3.05) is 24.5 Å². The normalized spacial score (nSPS) is 16.2. The molecule has 1 aromatic rings. The van der Waals surface area contributed by atoms with Gasteiger partial charge in [-0.3, -0.25) is 9.79 Å². The molecule has 0 aromatic heterocycles. The second kappa shape index (κ2) is 4.97. The van der Waals surface area contributed by atoms with Gasteiger partial charge in [0.2, 0.25) is 0 Å². The quantitative estimate of drug-likeness (QED) is 0.800. The number of carboxylic acid groups (broad SMARTS) is 1. The Morgan fingerprint density at radius 3 is 2.88 bits per heavy atom. The SMILES string of the molecule is NCC(C(=O)O)c1ccccc1N1C=NCC1. The molecule has 0 fully saturated rings. The summed E-state index contributed by atoms with van der Waals surface area (Å²) in [6.45, 7) is 1.62. The number of aliphatic carboxylic acids is 1. The molecule has 1 heterocycles. The lowest BCUT2D eigenvalue weighted by Crippen LogP contribution is -2.26. The number of benzene rings is 1. The van der Waals surface area contributed by atoms with E-state index >= 15 is 0 Å². The zero-order valence-electron chi connectivity index (χ0n) is 9.41. The van der Waals surface area contributed by atoms with Crippen LogP contribution >= 0.6 is 0 Å². The van der Waals surface area contributed by atoms with Gasteiger partial charge in [0.05, 0.1) is 18.8 Å². The fraction of sp³-hybridized carbons (Fsp3) is 0.333. The van der Waals surface area contributed by atoms with Crippen LogP contribution in [-0.2, 0) is 4.79 Å². The second-order valence-corrected chi connectivity index (χ2v) is 3.90. The van der Waals surface area contributed by atoms with Crippen LogP contribution in [0.15, 0.2) is 29.3 Å². The predicted octanol–water partition coefficient (Wildman–Crippen LogP) is 0.662. The molecule has 0 radical (unpaired) electrons. The molecule has 3 N–H and O–H groups in total. The molecule has 1 aromatic carbocycles. The minimum absolute atomic E-state index is 0.0946. The lowest BCUT2D eigenvalue weighted by Gasteiger charge is -2.21. The molecule has 5 heteroatoms. The van der Waals surface area contributed by atoms with Gasteiger partial charge in [-0.2, -0.15) is 0 Å². The van der Waals surface area contributed by atoms with Gasteiger partial charge >= 0.3 is 5.97 Å². The molecule has 1 aliphatic rings. The maximum Gasteiger partial charge on any atom is 0.312 e. The highest BCUT2D eigenvalue weighted by atomic mass is 16.4. The van der Waals surface area contributed by atoms with Crippen molar-refractivity contribution in [3.8, 4) is 0 Å². The third kappa shape index (κ3) is 2.29. The van der Waals surface area contributed by atoms with Gasteiger partial charge in [-0.15, -0.1) is 0 Å². The Balaban J connectivity index is 2.38. The Bertz CT molecular complexity index is 445. The Morgan fingerprint density at radius 1 is 1.53 bits per heavy atom. The van der Waals surface area contributed by atoms with Gasteiger partial charge in [-0.1, -0.05) is 18.2 Å². The lowest BCUT2D eigenvalue weighted by molar-refractivity contribution is -0.138. The van der Waals surface area contributed by atoms with Crippen molar-refractivity contribution in [3.05, 3.63) is 29.8 Å². The van der Waals surface area contributed by atoms with Crippen LogP contribution in [0.4, 0.5) is 5.69 Å². The van der Waals surface area contributed by atoms with Gasteiger partial charge in [0, 0.05) is 18.8 Å². The first-order valence-corrected chi connectivity index (χ1v) is 5.52. The summed E-state index contributed by atoms with van der Waals surface area (Å²) in [6, 6.07) is 7.43. The van der Waals surface area contributed by atoms with Crippen LogP contribution in [-0.4, -0.2) is 37.0 Å². The molecule has 0 saturated carbocycles. The summed E-state index contributed by atoms with van der Waals surface area (Å²) >= 11 is 0. The summed E-state index contributed by atoms with van der Waals surface area (Å²) in [4.78, 5) is 17.3. The van der Waals surface area contributed by atoms with E-state index in [-0.39, 0.29) is 6.54 Å².